The second-order valence-electron chi connectivity index (χ2n) is 2.71. The van der Waals surface area contributed by atoms with Gasteiger partial charge in [-0.3, -0.25) is 0 Å². The van der Waals surface area contributed by atoms with Gasteiger partial charge in [-0.25, -0.2) is 0 Å². The topological polar surface area (TPSA) is 35.2 Å². The third-order valence-corrected chi connectivity index (χ3v) is 2.35. The van der Waals surface area contributed by atoms with Gasteiger partial charge < -0.3 is 10.5 Å². The smallest absolute Gasteiger partial charge is 0.420 e. The van der Waals surface area contributed by atoms with Crippen molar-refractivity contribution in [3.8, 4) is 5.75 Å². The van der Waals surface area contributed by atoms with E-state index in [1.807, 2.05) is 0 Å². The fraction of sp³-hybridized carbons (Fsp3) is 0.250. The Balaban J connectivity index is 3.33. The molecule has 0 atom stereocenters. The van der Waals surface area contributed by atoms with Gasteiger partial charge in [-0.2, -0.15) is 22.0 Å². The van der Waals surface area contributed by atoms with E-state index in [-0.39, 0.29) is 4.47 Å². The van der Waals surface area contributed by atoms with Crippen molar-refractivity contribution in [2.24, 2.45) is 0 Å². The Morgan fingerprint density at radius 2 is 1.81 bits per heavy atom. The number of ether oxygens (including phenoxy) is 1. The van der Waals surface area contributed by atoms with Crippen molar-refractivity contribution in [3.05, 3.63) is 22.2 Å². The first kappa shape index (κ1) is 13.0. The molecule has 0 saturated carbocycles. The Hall–Kier alpha value is -1.05. The minimum atomic E-state index is -4.81. The maximum atomic E-state index is 12.4. The van der Waals surface area contributed by atoms with E-state index < -0.39 is 29.8 Å². The summed E-state index contributed by atoms with van der Waals surface area (Å²) in [5.41, 5.74) is 3.37. The first-order valence-corrected chi connectivity index (χ1v) is 4.62. The molecule has 0 unspecified atom stereocenters. The predicted octanol–water partition coefficient (Wildman–Crippen LogP) is 3.65. The number of halogens is 6. The van der Waals surface area contributed by atoms with Crippen LogP contribution in [0.4, 0.5) is 27.6 Å². The van der Waals surface area contributed by atoms with Crippen LogP contribution in [-0.4, -0.2) is 6.61 Å². The van der Waals surface area contributed by atoms with E-state index >= 15 is 0 Å². The lowest BCUT2D eigenvalue weighted by Crippen LogP contribution is -2.13. The molecule has 1 rings (SSSR count). The summed E-state index contributed by atoms with van der Waals surface area (Å²) in [5, 5.41) is 0. The molecule has 1 aromatic carbocycles. The largest absolute Gasteiger partial charge is 0.432 e. The van der Waals surface area contributed by atoms with Gasteiger partial charge in [-0.15, -0.1) is 0 Å². The highest BCUT2D eigenvalue weighted by Crippen LogP contribution is 2.42. The highest BCUT2D eigenvalue weighted by atomic mass is 79.9. The highest BCUT2D eigenvalue weighted by Gasteiger charge is 2.36. The summed E-state index contributed by atoms with van der Waals surface area (Å²) in [4.78, 5) is 0. The fourth-order valence-corrected chi connectivity index (χ4v) is 1.33. The summed E-state index contributed by atoms with van der Waals surface area (Å²) in [7, 11) is 0. The van der Waals surface area contributed by atoms with Gasteiger partial charge in [0.05, 0.1) is 11.3 Å². The zero-order valence-corrected chi connectivity index (χ0v) is 9.07. The summed E-state index contributed by atoms with van der Waals surface area (Å²) in [5.74, 6) is -1.07. The van der Waals surface area contributed by atoms with Crippen molar-refractivity contribution in [1.29, 1.82) is 0 Å². The van der Waals surface area contributed by atoms with E-state index in [0.29, 0.717) is 6.07 Å². The molecule has 1 aromatic rings. The summed E-state index contributed by atoms with van der Waals surface area (Å²) in [6, 6.07) is 1.62. The van der Waals surface area contributed by atoms with Crippen LogP contribution < -0.4 is 10.5 Å². The third kappa shape index (κ3) is 2.75. The number of alkyl halides is 5. The van der Waals surface area contributed by atoms with Crippen LogP contribution in [0.3, 0.4) is 0 Å². The van der Waals surface area contributed by atoms with E-state index in [2.05, 4.69) is 20.7 Å². The molecule has 16 heavy (non-hydrogen) atoms. The molecule has 0 aliphatic heterocycles. The van der Waals surface area contributed by atoms with Crippen molar-refractivity contribution in [2.45, 2.75) is 12.8 Å². The molecule has 0 fully saturated rings. The zero-order valence-electron chi connectivity index (χ0n) is 7.49. The number of anilines is 1. The van der Waals surface area contributed by atoms with Crippen molar-refractivity contribution < 1.29 is 26.7 Å². The molecule has 0 aromatic heterocycles. The Morgan fingerprint density at radius 3 is 2.25 bits per heavy atom. The van der Waals surface area contributed by atoms with Gasteiger partial charge in [0, 0.05) is 4.47 Å². The van der Waals surface area contributed by atoms with E-state index in [9.17, 15) is 22.0 Å². The number of nitrogen functional groups attached to an aromatic ring is 1. The van der Waals surface area contributed by atoms with Gasteiger partial charge in [0.15, 0.2) is 5.75 Å². The van der Waals surface area contributed by atoms with Crippen LogP contribution in [0.15, 0.2) is 16.6 Å². The molecular weight excluding hydrogens is 301 g/mol. The number of hydrogen-bond donors (Lipinski definition) is 1. The number of nitrogens with two attached hydrogens (primary N) is 1. The van der Waals surface area contributed by atoms with Crippen molar-refractivity contribution in [2.75, 3.05) is 5.73 Å². The second-order valence-corrected chi connectivity index (χ2v) is 3.57. The van der Waals surface area contributed by atoms with Gasteiger partial charge in [0.2, 0.25) is 0 Å². The highest BCUT2D eigenvalue weighted by molar-refractivity contribution is 9.10. The number of rotatable bonds is 2. The van der Waals surface area contributed by atoms with Crippen LogP contribution in [0.1, 0.15) is 5.56 Å². The molecule has 0 spiro atoms. The molecule has 2 N–H and O–H groups in total. The fourth-order valence-electron chi connectivity index (χ4n) is 1.01. The summed E-state index contributed by atoms with van der Waals surface area (Å²) >= 11 is 2.82. The molecule has 0 saturated heterocycles. The van der Waals surface area contributed by atoms with Crippen LogP contribution in [-0.2, 0) is 6.18 Å². The van der Waals surface area contributed by atoms with Crippen LogP contribution in [0.25, 0.3) is 0 Å². The summed E-state index contributed by atoms with van der Waals surface area (Å²) < 4.78 is 65.0. The Kier molecular flexibility index (Phi) is 3.61. The van der Waals surface area contributed by atoms with Gasteiger partial charge in [-0.05, 0) is 28.1 Å². The van der Waals surface area contributed by atoms with Crippen molar-refractivity contribution in [1.82, 2.24) is 0 Å². The molecule has 0 aliphatic carbocycles. The lowest BCUT2D eigenvalue weighted by molar-refractivity contribution is -0.141. The molecule has 2 nitrogen and oxygen atoms in total. The average molecular weight is 306 g/mol. The minimum Gasteiger partial charge on any atom is -0.432 e. The summed E-state index contributed by atoms with van der Waals surface area (Å²) in [6.07, 6.45) is -4.81. The van der Waals surface area contributed by atoms with Gasteiger partial charge in [-0.1, -0.05) is 0 Å². The molecular formula is C8H5BrF5NO. The maximum absolute atomic E-state index is 12.4. The van der Waals surface area contributed by atoms with Crippen LogP contribution >= 0.6 is 15.9 Å². The second kappa shape index (κ2) is 4.44. The van der Waals surface area contributed by atoms with E-state index in [1.54, 1.807) is 0 Å². The Labute approximate surface area is 95.3 Å². The van der Waals surface area contributed by atoms with Gasteiger partial charge in [0.25, 0.3) is 0 Å². The van der Waals surface area contributed by atoms with Crippen molar-refractivity contribution >= 4 is 21.6 Å². The first-order valence-electron chi connectivity index (χ1n) is 3.83. The lowest BCUT2D eigenvalue weighted by Gasteiger charge is -2.16. The van der Waals surface area contributed by atoms with E-state index in [1.165, 1.54) is 0 Å². The quantitative estimate of drug-likeness (QED) is 0.668. The summed E-state index contributed by atoms with van der Waals surface area (Å²) in [6.45, 7) is -3.38. The molecule has 0 radical (unpaired) electrons. The SMILES string of the molecule is Nc1c(Br)ccc(C(F)(F)F)c1OC(F)F. The number of hydrogen-bond acceptors (Lipinski definition) is 2. The lowest BCUT2D eigenvalue weighted by atomic mass is 10.1. The molecule has 0 heterocycles. The van der Waals surface area contributed by atoms with Crippen LogP contribution in [0.5, 0.6) is 5.75 Å². The predicted molar refractivity (Wildman–Crippen MR) is 50.2 cm³/mol. The zero-order chi connectivity index (χ0) is 12.5. The van der Waals surface area contributed by atoms with Crippen LogP contribution in [0, 0.1) is 0 Å². The van der Waals surface area contributed by atoms with Gasteiger partial charge >= 0.3 is 12.8 Å². The number of benzene rings is 1. The molecule has 8 heteroatoms. The van der Waals surface area contributed by atoms with E-state index in [4.69, 9.17) is 5.73 Å². The van der Waals surface area contributed by atoms with Crippen LogP contribution in [0.2, 0.25) is 0 Å². The minimum absolute atomic E-state index is 0.0520. The maximum Gasteiger partial charge on any atom is 0.420 e. The molecule has 90 valence electrons. The standard InChI is InChI=1S/C8H5BrF5NO/c9-4-2-1-3(8(12,13)14)6(5(4)15)16-7(10)11/h1-2,7H,15H2. The Bertz CT molecular complexity index is 393. The van der Waals surface area contributed by atoms with E-state index in [0.717, 1.165) is 6.07 Å². The molecule has 0 amide bonds. The van der Waals surface area contributed by atoms with Gasteiger partial charge in [0.1, 0.15) is 0 Å². The molecule has 0 aliphatic rings. The Morgan fingerprint density at radius 1 is 1.25 bits per heavy atom. The monoisotopic (exact) mass is 305 g/mol. The normalized spacial score (nSPS) is 11.9. The first-order chi connectivity index (χ1) is 7.23. The third-order valence-electron chi connectivity index (χ3n) is 1.66. The van der Waals surface area contributed by atoms with Crippen molar-refractivity contribution in [3.63, 3.8) is 0 Å². The average Bonchev–Trinajstić information content (AvgIpc) is 2.10. The molecule has 0 bridgehead atoms.